The normalized spacial score (nSPS) is 17.2. The van der Waals surface area contributed by atoms with Crippen molar-refractivity contribution >= 4 is 0 Å². The maximum atomic E-state index is 13.5. The molecule has 1 rings (SSSR count). The topological polar surface area (TPSA) is 26.0 Å². The molecule has 1 nitrogen and oxygen atoms in total. The van der Waals surface area contributed by atoms with E-state index in [9.17, 15) is 8.78 Å². The number of nitrogens with two attached hydrogens (primary N) is 1. The summed E-state index contributed by atoms with van der Waals surface area (Å²) in [4.78, 5) is 0. The van der Waals surface area contributed by atoms with Crippen LogP contribution in [0.25, 0.3) is 0 Å². The van der Waals surface area contributed by atoms with E-state index in [4.69, 9.17) is 5.73 Å². The second-order valence-electron chi connectivity index (χ2n) is 4.19. The van der Waals surface area contributed by atoms with Gasteiger partial charge in [-0.05, 0) is 18.9 Å². The molecule has 84 valence electrons. The Morgan fingerprint density at radius 2 is 2.00 bits per heavy atom. The zero-order chi connectivity index (χ0) is 11.6. The summed E-state index contributed by atoms with van der Waals surface area (Å²) in [6.45, 7) is 5.65. The van der Waals surface area contributed by atoms with Crippen LogP contribution in [0.2, 0.25) is 0 Å². The summed E-state index contributed by atoms with van der Waals surface area (Å²) >= 11 is 0. The van der Waals surface area contributed by atoms with Gasteiger partial charge in [-0.15, -0.1) is 0 Å². The molecule has 2 atom stereocenters. The van der Waals surface area contributed by atoms with Gasteiger partial charge in [0.15, 0.2) is 11.6 Å². The van der Waals surface area contributed by atoms with Crippen molar-refractivity contribution < 1.29 is 8.78 Å². The zero-order valence-electron chi connectivity index (χ0n) is 9.35. The van der Waals surface area contributed by atoms with Gasteiger partial charge in [0.25, 0.3) is 0 Å². The molecule has 1 aromatic carbocycles. The van der Waals surface area contributed by atoms with E-state index in [-0.39, 0.29) is 11.5 Å². The summed E-state index contributed by atoms with van der Waals surface area (Å²) in [6, 6.07) is 4.14. The van der Waals surface area contributed by atoms with Crippen molar-refractivity contribution in [2.75, 3.05) is 0 Å². The molecule has 0 saturated heterocycles. The fourth-order valence-electron chi connectivity index (χ4n) is 1.61. The van der Waals surface area contributed by atoms with E-state index in [1.54, 1.807) is 13.0 Å². The SMILES string of the molecule is CCC(C)C(C)(N)c1cccc(F)c1F. The molecule has 15 heavy (non-hydrogen) atoms. The summed E-state index contributed by atoms with van der Waals surface area (Å²) in [7, 11) is 0. The lowest BCUT2D eigenvalue weighted by Gasteiger charge is -2.31. The van der Waals surface area contributed by atoms with Crippen LogP contribution < -0.4 is 5.73 Å². The molecular weight excluding hydrogens is 196 g/mol. The quantitative estimate of drug-likeness (QED) is 0.819. The first kappa shape index (κ1) is 12.1. The summed E-state index contributed by atoms with van der Waals surface area (Å²) in [5.74, 6) is -1.58. The smallest absolute Gasteiger partial charge is 0.163 e. The highest BCUT2D eigenvalue weighted by Crippen LogP contribution is 2.31. The van der Waals surface area contributed by atoms with Gasteiger partial charge in [-0.2, -0.15) is 0 Å². The van der Waals surface area contributed by atoms with Crippen molar-refractivity contribution in [2.24, 2.45) is 11.7 Å². The molecule has 2 unspecified atom stereocenters. The molecule has 0 heterocycles. The van der Waals surface area contributed by atoms with Gasteiger partial charge in [-0.3, -0.25) is 0 Å². The number of hydrogen-bond donors (Lipinski definition) is 1. The van der Waals surface area contributed by atoms with Crippen LogP contribution in [0, 0.1) is 17.6 Å². The predicted molar refractivity (Wildman–Crippen MR) is 57.4 cm³/mol. The van der Waals surface area contributed by atoms with E-state index in [1.807, 2.05) is 13.8 Å². The van der Waals surface area contributed by atoms with Gasteiger partial charge in [-0.25, -0.2) is 8.78 Å². The fraction of sp³-hybridized carbons (Fsp3) is 0.500. The van der Waals surface area contributed by atoms with Gasteiger partial charge in [0.2, 0.25) is 0 Å². The Hall–Kier alpha value is -0.960. The van der Waals surface area contributed by atoms with Crippen LogP contribution >= 0.6 is 0 Å². The highest BCUT2D eigenvalue weighted by Gasteiger charge is 2.30. The summed E-state index contributed by atoms with van der Waals surface area (Å²) < 4.78 is 26.6. The van der Waals surface area contributed by atoms with Crippen molar-refractivity contribution in [1.82, 2.24) is 0 Å². The Morgan fingerprint density at radius 3 is 2.53 bits per heavy atom. The molecule has 0 aliphatic heterocycles. The Kier molecular flexibility index (Phi) is 3.45. The molecule has 0 saturated carbocycles. The first-order valence-corrected chi connectivity index (χ1v) is 5.14. The number of hydrogen-bond acceptors (Lipinski definition) is 1. The predicted octanol–water partition coefficient (Wildman–Crippen LogP) is 3.18. The minimum atomic E-state index is -0.840. The molecule has 0 fully saturated rings. The lowest BCUT2D eigenvalue weighted by atomic mass is 9.80. The number of rotatable bonds is 3. The first-order chi connectivity index (χ1) is 6.91. The molecule has 0 radical (unpaired) electrons. The van der Waals surface area contributed by atoms with Gasteiger partial charge in [0.05, 0.1) is 0 Å². The molecule has 0 spiro atoms. The van der Waals surface area contributed by atoms with Crippen molar-refractivity contribution in [3.8, 4) is 0 Å². The van der Waals surface area contributed by atoms with E-state index >= 15 is 0 Å². The fourth-order valence-corrected chi connectivity index (χ4v) is 1.61. The third-order valence-corrected chi connectivity index (χ3v) is 3.17. The van der Waals surface area contributed by atoms with Crippen molar-refractivity contribution in [3.05, 3.63) is 35.4 Å². The molecule has 0 aromatic heterocycles. The average molecular weight is 213 g/mol. The third kappa shape index (κ3) is 2.17. The largest absolute Gasteiger partial charge is 0.321 e. The molecular formula is C12H17F2N. The monoisotopic (exact) mass is 213 g/mol. The highest BCUT2D eigenvalue weighted by molar-refractivity contribution is 5.26. The second-order valence-corrected chi connectivity index (χ2v) is 4.19. The molecule has 3 heteroatoms. The Labute approximate surface area is 89.3 Å². The van der Waals surface area contributed by atoms with Crippen LogP contribution in [-0.4, -0.2) is 0 Å². The maximum Gasteiger partial charge on any atom is 0.163 e. The van der Waals surface area contributed by atoms with Gasteiger partial charge < -0.3 is 5.73 Å². The van der Waals surface area contributed by atoms with E-state index in [0.717, 1.165) is 12.5 Å². The van der Waals surface area contributed by atoms with Crippen molar-refractivity contribution in [3.63, 3.8) is 0 Å². The minimum Gasteiger partial charge on any atom is -0.321 e. The van der Waals surface area contributed by atoms with E-state index in [0.29, 0.717) is 0 Å². The Morgan fingerprint density at radius 1 is 1.40 bits per heavy atom. The first-order valence-electron chi connectivity index (χ1n) is 5.14. The molecule has 0 aliphatic rings. The highest BCUT2D eigenvalue weighted by atomic mass is 19.2. The number of halogens is 2. The molecule has 0 aliphatic carbocycles. The lowest BCUT2D eigenvalue weighted by Crippen LogP contribution is -2.40. The lowest BCUT2D eigenvalue weighted by molar-refractivity contribution is 0.301. The van der Waals surface area contributed by atoms with E-state index < -0.39 is 17.2 Å². The Balaban J connectivity index is 3.20. The van der Waals surface area contributed by atoms with Crippen LogP contribution in [0.4, 0.5) is 8.78 Å². The van der Waals surface area contributed by atoms with Crippen LogP contribution in [0.15, 0.2) is 18.2 Å². The summed E-state index contributed by atoms with van der Waals surface area (Å²) in [6.07, 6.45) is 0.822. The van der Waals surface area contributed by atoms with Crippen LogP contribution in [0.3, 0.4) is 0 Å². The molecule has 2 N–H and O–H groups in total. The standard InChI is InChI=1S/C12H17F2N/c1-4-8(2)12(3,15)9-6-5-7-10(13)11(9)14/h5-8H,4,15H2,1-3H3. The molecule has 0 bridgehead atoms. The Bertz CT molecular complexity index is 347. The van der Waals surface area contributed by atoms with Gasteiger partial charge in [0.1, 0.15) is 0 Å². The third-order valence-electron chi connectivity index (χ3n) is 3.17. The van der Waals surface area contributed by atoms with Gasteiger partial charge >= 0.3 is 0 Å². The van der Waals surface area contributed by atoms with Crippen molar-refractivity contribution in [1.29, 1.82) is 0 Å². The van der Waals surface area contributed by atoms with Crippen molar-refractivity contribution in [2.45, 2.75) is 32.7 Å². The van der Waals surface area contributed by atoms with E-state index in [2.05, 4.69) is 0 Å². The van der Waals surface area contributed by atoms with Gasteiger partial charge in [0, 0.05) is 11.1 Å². The van der Waals surface area contributed by atoms with Crippen LogP contribution in [-0.2, 0) is 5.54 Å². The van der Waals surface area contributed by atoms with Crippen LogP contribution in [0.5, 0.6) is 0 Å². The average Bonchev–Trinajstić information content (AvgIpc) is 2.20. The second kappa shape index (κ2) is 4.27. The molecule has 1 aromatic rings. The van der Waals surface area contributed by atoms with Gasteiger partial charge in [-0.1, -0.05) is 32.4 Å². The minimum absolute atomic E-state index is 0.0915. The number of benzene rings is 1. The summed E-state index contributed by atoms with van der Waals surface area (Å²) in [5, 5.41) is 0. The summed E-state index contributed by atoms with van der Waals surface area (Å²) in [5.41, 5.74) is 5.47. The maximum absolute atomic E-state index is 13.5. The molecule has 0 amide bonds. The van der Waals surface area contributed by atoms with Crippen LogP contribution in [0.1, 0.15) is 32.8 Å². The van der Waals surface area contributed by atoms with E-state index in [1.165, 1.54) is 6.07 Å². The zero-order valence-corrected chi connectivity index (χ0v) is 9.35.